The minimum atomic E-state index is -0.143. The van der Waals surface area contributed by atoms with Crippen molar-refractivity contribution in [1.82, 2.24) is 5.32 Å². The van der Waals surface area contributed by atoms with Gasteiger partial charge in [-0.3, -0.25) is 0 Å². The molecule has 0 aliphatic heterocycles. The van der Waals surface area contributed by atoms with Crippen molar-refractivity contribution in [3.05, 3.63) is 59.8 Å². The number of aryl methyl sites for hydroxylation is 1. The van der Waals surface area contributed by atoms with E-state index in [0.29, 0.717) is 0 Å². The van der Waals surface area contributed by atoms with E-state index in [4.69, 9.17) is 4.42 Å². The minimum absolute atomic E-state index is 0.0336. The van der Waals surface area contributed by atoms with Crippen LogP contribution in [0.5, 0.6) is 0 Å². The number of nitrogens with one attached hydrogen (secondary N) is 1. The molecule has 0 saturated heterocycles. The molecule has 19 heavy (non-hydrogen) atoms. The molecule has 0 bridgehead atoms. The highest BCUT2D eigenvalue weighted by molar-refractivity contribution is 5.21. The Balaban J connectivity index is 2.05. The van der Waals surface area contributed by atoms with Gasteiger partial charge in [-0.15, -0.1) is 0 Å². The molecular weight excluding hydrogens is 241 g/mol. The number of halogens is 1. The third kappa shape index (κ3) is 3.93. The summed E-state index contributed by atoms with van der Waals surface area (Å²) in [5.74, 6) is 0.801. The summed E-state index contributed by atoms with van der Waals surface area (Å²) in [6.07, 6.45) is 4.34. The molecule has 1 unspecified atom stereocenters. The molecule has 0 radical (unpaired) electrons. The van der Waals surface area contributed by atoms with Crippen LogP contribution in [0.4, 0.5) is 4.39 Å². The van der Waals surface area contributed by atoms with E-state index in [0.717, 1.165) is 37.1 Å². The smallest absolute Gasteiger partial charge is 0.127 e. The molecule has 0 spiro atoms. The molecule has 0 fully saturated rings. The number of furan rings is 1. The molecule has 2 rings (SSSR count). The third-order valence-corrected chi connectivity index (χ3v) is 3.18. The van der Waals surface area contributed by atoms with E-state index in [1.54, 1.807) is 12.3 Å². The Kier molecular flexibility index (Phi) is 5.16. The molecule has 1 aromatic carbocycles. The van der Waals surface area contributed by atoms with Crippen molar-refractivity contribution in [3.63, 3.8) is 0 Å². The Labute approximate surface area is 113 Å². The second-order valence-corrected chi connectivity index (χ2v) is 4.65. The van der Waals surface area contributed by atoms with Crippen LogP contribution in [0.2, 0.25) is 0 Å². The summed E-state index contributed by atoms with van der Waals surface area (Å²) >= 11 is 0. The fourth-order valence-corrected chi connectivity index (χ4v) is 2.19. The first-order chi connectivity index (χ1) is 9.31. The van der Waals surface area contributed by atoms with Crippen molar-refractivity contribution in [2.24, 2.45) is 0 Å². The zero-order valence-corrected chi connectivity index (χ0v) is 11.2. The SMILES string of the molecule is CCCNC(CCc1ccco1)c1ccccc1F. The Morgan fingerprint density at radius 2 is 2.05 bits per heavy atom. The summed E-state index contributed by atoms with van der Waals surface area (Å²) in [6.45, 7) is 3.00. The highest BCUT2D eigenvalue weighted by atomic mass is 19.1. The van der Waals surface area contributed by atoms with Crippen LogP contribution in [-0.4, -0.2) is 6.54 Å². The highest BCUT2D eigenvalue weighted by Crippen LogP contribution is 2.22. The first-order valence-electron chi connectivity index (χ1n) is 6.81. The van der Waals surface area contributed by atoms with Gasteiger partial charge in [-0.05, 0) is 37.6 Å². The molecule has 102 valence electrons. The van der Waals surface area contributed by atoms with Gasteiger partial charge in [0.15, 0.2) is 0 Å². The van der Waals surface area contributed by atoms with Crippen LogP contribution in [0.25, 0.3) is 0 Å². The lowest BCUT2D eigenvalue weighted by Gasteiger charge is -2.19. The Bertz CT molecular complexity index is 481. The summed E-state index contributed by atoms with van der Waals surface area (Å²) < 4.78 is 19.2. The summed E-state index contributed by atoms with van der Waals surface area (Å²) in [4.78, 5) is 0. The van der Waals surface area contributed by atoms with Crippen LogP contribution >= 0.6 is 0 Å². The monoisotopic (exact) mass is 261 g/mol. The fraction of sp³-hybridized carbons (Fsp3) is 0.375. The van der Waals surface area contributed by atoms with Gasteiger partial charge < -0.3 is 9.73 Å². The van der Waals surface area contributed by atoms with E-state index >= 15 is 0 Å². The van der Waals surface area contributed by atoms with Gasteiger partial charge in [-0.25, -0.2) is 4.39 Å². The molecule has 0 aliphatic rings. The van der Waals surface area contributed by atoms with E-state index in [1.165, 1.54) is 6.07 Å². The first kappa shape index (κ1) is 13.8. The molecule has 1 aromatic heterocycles. The third-order valence-electron chi connectivity index (χ3n) is 3.18. The summed E-state index contributed by atoms with van der Waals surface area (Å²) in [7, 11) is 0. The van der Waals surface area contributed by atoms with Crippen molar-refractivity contribution in [3.8, 4) is 0 Å². The zero-order chi connectivity index (χ0) is 13.5. The van der Waals surface area contributed by atoms with Crippen LogP contribution in [0.1, 0.15) is 37.1 Å². The summed E-state index contributed by atoms with van der Waals surface area (Å²) in [5, 5.41) is 3.41. The van der Waals surface area contributed by atoms with Crippen molar-refractivity contribution < 1.29 is 8.81 Å². The van der Waals surface area contributed by atoms with Crippen LogP contribution < -0.4 is 5.32 Å². The molecule has 0 saturated carbocycles. The van der Waals surface area contributed by atoms with E-state index in [9.17, 15) is 4.39 Å². The van der Waals surface area contributed by atoms with Crippen LogP contribution in [0, 0.1) is 5.82 Å². The van der Waals surface area contributed by atoms with E-state index < -0.39 is 0 Å². The Morgan fingerprint density at radius 3 is 2.74 bits per heavy atom. The van der Waals surface area contributed by atoms with Gasteiger partial charge in [0, 0.05) is 18.0 Å². The lowest BCUT2D eigenvalue weighted by Crippen LogP contribution is -2.23. The molecule has 2 nitrogen and oxygen atoms in total. The fourth-order valence-electron chi connectivity index (χ4n) is 2.19. The second kappa shape index (κ2) is 7.10. The number of rotatable bonds is 7. The van der Waals surface area contributed by atoms with Gasteiger partial charge in [0.2, 0.25) is 0 Å². The van der Waals surface area contributed by atoms with Gasteiger partial charge in [0.25, 0.3) is 0 Å². The largest absolute Gasteiger partial charge is 0.469 e. The zero-order valence-electron chi connectivity index (χ0n) is 11.2. The lowest BCUT2D eigenvalue weighted by molar-refractivity contribution is 0.440. The van der Waals surface area contributed by atoms with Crippen LogP contribution in [-0.2, 0) is 6.42 Å². The van der Waals surface area contributed by atoms with Gasteiger partial charge in [-0.2, -0.15) is 0 Å². The molecule has 0 amide bonds. The van der Waals surface area contributed by atoms with E-state index in [-0.39, 0.29) is 11.9 Å². The number of hydrogen-bond acceptors (Lipinski definition) is 2. The van der Waals surface area contributed by atoms with Gasteiger partial charge >= 0.3 is 0 Å². The van der Waals surface area contributed by atoms with Gasteiger partial charge in [-0.1, -0.05) is 25.1 Å². The van der Waals surface area contributed by atoms with E-state index in [1.807, 2.05) is 24.3 Å². The average molecular weight is 261 g/mol. The summed E-state index contributed by atoms with van der Waals surface area (Å²) in [5.41, 5.74) is 0.738. The van der Waals surface area contributed by atoms with Crippen molar-refractivity contribution in [1.29, 1.82) is 0 Å². The standard InChI is InChI=1S/C16H20FNO/c1-2-11-18-16(10-9-13-6-5-12-19-13)14-7-3-4-8-15(14)17/h3-8,12,16,18H,2,9-11H2,1H3. The van der Waals surface area contributed by atoms with Gasteiger partial charge in [0.05, 0.1) is 6.26 Å². The molecule has 1 heterocycles. The molecule has 0 aliphatic carbocycles. The van der Waals surface area contributed by atoms with Crippen molar-refractivity contribution >= 4 is 0 Å². The molecule has 3 heteroatoms. The number of hydrogen-bond donors (Lipinski definition) is 1. The maximum atomic E-state index is 13.9. The van der Waals surface area contributed by atoms with Crippen molar-refractivity contribution in [2.45, 2.75) is 32.2 Å². The first-order valence-corrected chi connectivity index (χ1v) is 6.81. The second-order valence-electron chi connectivity index (χ2n) is 4.65. The van der Waals surface area contributed by atoms with Crippen LogP contribution in [0.15, 0.2) is 47.1 Å². The molecular formula is C16H20FNO. The van der Waals surface area contributed by atoms with Crippen molar-refractivity contribution in [2.75, 3.05) is 6.54 Å². The number of benzene rings is 1. The minimum Gasteiger partial charge on any atom is -0.469 e. The Morgan fingerprint density at radius 1 is 1.21 bits per heavy atom. The maximum Gasteiger partial charge on any atom is 0.127 e. The van der Waals surface area contributed by atoms with Gasteiger partial charge in [0.1, 0.15) is 11.6 Å². The molecule has 2 aromatic rings. The van der Waals surface area contributed by atoms with Crippen LogP contribution in [0.3, 0.4) is 0 Å². The average Bonchev–Trinajstić information content (AvgIpc) is 2.93. The highest BCUT2D eigenvalue weighted by Gasteiger charge is 2.15. The summed E-state index contributed by atoms with van der Waals surface area (Å²) in [6, 6.07) is 10.8. The normalized spacial score (nSPS) is 12.5. The lowest BCUT2D eigenvalue weighted by atomic mass is 10.0. The Hall–Kier alpha value is -1.61. The maximum absolute atomic E-state index is 13.9. The predicted molar refractivity (Wildman–Crippen MR) is 74.5 cm³/mol. The predicted octanol–water partition coefficient (Wildman–Crippen LogP) is 4.09. The topological polar surface area (TPSA) is 25.2 Å². The molecule has 1 atom stereocenters. The van der Waals surface area contributed by atoms with E-state index in [2.05, 4.69) is 12.2 Å². The molecule has 1 N–H and O–H groups in total. The quantitative estimate of drug-likeness (QED) is 0.812.